The molecule has 2 rings (SSSR count). The second-order valence-electron chi connectivity index (χ2n) is 5.49. The molecule has 0 amide bonds. The van der Waals surface area contributed by atoms with Gasteiger partial charge in [0.25, 0.3) is 0 Å². The van der Waals surface area contributed by atoms with Crippen molar-refractivity contribution in [1.29, 1.82) is 0 Å². The lowest BCUT2D eigenvalue weighted by molar-refractivity contribution is 0.0729. The van der Waals surface area contributed by atoms with Gasteiger partial charge in [0.1, 0.15) is 0 Å². The first-order valence-electron chi connectivity index (χ1n) is 7.31. The van der Waals surface area contributed by atoms with Gasteiger partial charge in [0.15, 0.2) is 0 Å². The van der Waals surface area contributed by atoms with Gasteiger partial charge in [-0.1, -0.05) is 18.2 Å². The highest BCUT2D eigenvalue weighted by molar-refractivity contribution is 5.56. The zero-order valence-electron chi connectivity index (χ0n) is 12.8. The minimum Gasteiger partial charge on any atom is -0.383 e. The summed E-state index contributed by atoms with van der Waals surface area (Å²) in [5.74, 6) is 0. The number of fused-ring (bicyclic) bond motifs is 1. The van der Waals surface area contributed by atoms with Crippen LogP contribution in [0, 0.1) is 0 Å². The first kappa shape index (κ1) is 15.3. The van der Waals surface area contributed by atoms with Crippen LogP contribution in [-0.2, 0) is 15.9 Å². The molecule has 0 radical (unpaired) electrons. The van der Waals surface area contributed by atoms with E-state index in [4.69, 9.17) is 9.47 Å². The van der Waals surface area contributed by atoms with Crippen LogP contribution in [0.25, 0.3) is 0 Å². The molecule has 0 spiro atoms. The molecule has 112 valence electrons. The molecule has 0 bridgehead atoms. The Labute approximate surface area is 122 Å². The molecule has 2 unspecified atom stereocenters. The van der Waals surface area contributed by atoms with E-state index in [9.17, 15) is 0 Å². The van der Waals surface area contributed by atoms with E-state index in [1.807, 2.05) is 0 Å². The third kappa shape index (κ3) is 3.95. The summed E-state index contributed by atoms with van der Waals surface area (Å²) in [7, 11) is 3.51. The largest absolute Gasteiger partial charge is 0.383 e. The van der Waals surface area contributed by atoms with E-state index in [0.717, 1.165) is 32.7 Å². The second kappa shape index (κ2) is 7.62. The predicted molar refractivity (Wildman–Crippen MR) is 82.3 cm³/mol. The summed E-state index contributed by atoms with van der Waals surface area (Å²) in [4.78, 5) is 2.44. The van der Waals surface area contributed by atoms with Crippen LogP contribution < -0.4 is 5.32 Å². The van der Waals surface area contributed by atoms with Crippen molar-refractivity contribution in [2.45, 2.75) is 25.4 Å². The Balaban J connectivity index is 1.91. The van der Waals surface area contributed by atoms with Gasteiger partial charge < -0.3 is 14.8 Å². The Kier molecular flexibility index (Phi) is 5.83. The molecule has 0 fully saturated rings. The molecule has 20 heavy (non-hydrogen) atoms. The third-order valence-electron chi connectivity index (χ3n) is 3.91. The van der Waals surface area contributed by atoms with Crippen molar-refractivity contribution in [3.63, 3.8) is 0 Å². The molecule has 1 aromatic rings. The second-order valence-corrected chi connectivity index (χ2v) is 5.49. The van der Waals surface area contributed by atoms with Gasteiger partial charge in [-0.15, -0.1) is 0 Å². The van der Waals surface area contributed by atoms with Gasteiger partial charge in [0.2, 0.25) is 0 Å². The van der Waals surface area contributed by atoms with Gasteiger partial charge in [-0.3, -0.25) is 4.90 Å². The maximum Gasteiger partial charge on any atom is 0.0615 e. The maximum atomic E-state index is 5.29. The molecule has 0 aliphatic carbocycles. The van der Waals surface area contributed by atoms with Crippen LogP contribution in [0.1, 0.15) is 12.5 Å². The summed E-state index contributed by atoms with van der Waals surface area (Å²) >= 11 is 0. The van der Waals surface area contributed by atoms with Crippen molar-refractivity contribution < 1.29 is 9.47 Å². The highest BCUT2D eigenvalue weighted by Crippen LogP contribution is 2.25. The van der Waals surface area contributed by atoms with Crippen molar-refractivity contribution in [3.8, 4) is 0 Å². The van der Waals surface area contributed by atoms with Crippen LogP contribution in [0.2, 0.25) is 0 Å². The van der Waals surface area contributed by atoms with Crippen molar-refractivity contribution in [2.24, 2.45) is 0 Å². The average molecular weight is 278 g/mol. The number of hydrogen-bond acceptors (Lipinski definition) is 4. The van der Waals surface area contributed by atoms with E-state index in [2.05, 4.69) is 41.4 Å². The molecule has 1 N–H and O–H groups in total. The number of methoxy groups -OCH3 is 2. The molecule has 2 atom stereocenters. The highest BCUT2D eigenvalue weighted by Gasteiger charge is 2.24. The number of rotatable bonds is 8. The molecule has 1 aromatic carbocycles. The number of hydrogen-bond donors (Lipinski definition) is 1. The summed E-state index contributed by atoms with van der Waals surface area (Å²) in [6.45, 7) is 5.68. The SMILES string of the molecule is COCCN(CC1Cc2ccccc2N1)C(C)COC. The van der Waals surface area contributed by atoms with Crippen molar-refractivity contribution in [1.82, 2.24) is 4.90 Å². The van der Waals surface area contributed by atoms with E-state index in [1.54, 1.807) is 14.2 Å². The van der Waals surface area contributed by atoms with E-state index < -0.39 is 0 Å². The number of benzene rings is 1. The lowest BCUT2D eigenvalue weighted by Crippen LogP contribution is -2.44. The third-order valence-corrected chi connectivity index (χ3v) is 3.91. The monoisotopic (exact) mass is 278 g/mol. The molecule has 1 aliphatic rings. The molecule has 1 aliphatic heterocycles. The Morgan fingerprint density at radius 2 is 2.10 bits per heavy atom. The Hall–Kier alpha value is -1.10. The molecule has 4 nitrogen and oxygen atoms in total. The minimum absolute atomic E-state index is 0.403. The maximum absolute atomic E-state index is 5.29. The van der Waals surface area contributed by atoms with Gasteiger partial charge in [-0.05, 0) is 25.0 Å². The zero-order valence-corrected chi connectivity index (χ0v) is 12.8. The van der Waals surface area contributed by atoms with Crippen molar-refractivity contribution in [3.05, 3.63) is 29.8 Å². The summed E-state index contributed by atoms with van der Waals surface area (Å²) in [6, 6.07) is 9.45. The van der Waals surface area contributed by atoms with Gasteiger partial charge >= 0.3 is 0 Å². The van der Waals surface area contributed by atoms with Crippen LogP contribution in [0.3, 0.4) is 0 Å². The first-order valence-corrected chi connectivity index (χ1v) is 7.31. The number of nitrogens with zero attached hydrogens (tertiary/aromatic N) is 1. The Bertz CT molecular complexity index is 386. The number of para-hydroxylation sites is 1. The lowest BCUT2D eigenvalue weighted by Gasteiger charge is -2.31. The predicted octanol–water partition coefficient (Wildman–Crippen LogP) is 2.01. The van der Waals surface area contributed by atoms with Crippen LogP contribution >= 0.6 is 0 Å². The highest BCUT2D eigenvalue weighted by atomic mass is 16.5. The number of nitrogens with one attached hydrogen (secondary N) is 1. The summed E-state index contributed by atoms with van der Waals surface area (Å²) in [5, 5.41) is 3.62. The topological polar surface area (TPSA) is 33.7 Å². The molecule has 4 heteroatoms. The van der Waals surface area contributed by atoms with Gasteiger partial charge in [-0.25, -0.2) is 0 Å². The molecular weight excluding hydrogens is 252 g/mol. The lowest BCUT2D eigenvalue weighted by atomic mass is 10.1. The number of ether oxygens (including phenoxy) is 2. The van der Waals surface area contributed by atoms with Crippen LogP contribution in [-0.4, -0.2) is 57.5 Å². The molecule has 0 saturated carbocycles. The van der Waals surface area contributed by atoms with E-state index in [0.29, 0.717) is 12.1 Å². The molecule has 0 saturated heterocycles. The van der Waals surface area contributed by atoms with Gasteiger partial charge in [-0.2, -0.15) is 0 Å². The van der Waals surface area contributed by atoms with Crippen molar-refractivity contribution >= 4 is 5.69 Å². The van der Waals surface area contributed by atoms with Gasteiger partial charge in [0.05, 0.1) is 13.2 Å². The van der Waals surface area contributed by atoms with E-state index >= 15 is 0 Å². The van der Waals surface area contributed by atoms with Crippen LogP contribution in [0.15, 0.2) is 24.3 Å². The summed E-state index contributed by atoms with van der Waals surface area (Å²) < 4.78 is 10.5. The smallest absolute Gasteiger partial charge is 0.0615 e. The normalized spacial score (nSPS) is 18.9. The molecule has 1 heterocycles. The first-order chi connectivity index (χ1) is 9.74. The zero-order chi connectivity index (χ0) is 14.4. The van der Waals surface area contributed by atoms with Crippen LogP contribution in [0.4, 0.5) is 5.69 Å². The quantitative estimate of drug-likeness (QED) is 0.788. The molecule has 0 aromatic heterocycles. The fourth-order valence-corrected chi connectivity index (χ4v) is 2.82. The van der Waals surface area contributed by atoms with E-state index in [1.165, 1.54) is 11.3 Å². The fourth-order valence-electron chi connectivity index (χ4n) is 2.82. The Morgan fingerprint density at radius 3 is 2.80 bits per heavy atom. The minimum atomic E-state index is 0.403. The standard InChI is InChI=1S/C16H26N2O2/c1-13(12-20-3)18(8-9-19-2)11-15-10-14-6-4-5-7-16(14)17-15/h4-7,13,15,17H,8-12H2,1-3H3. The summed E-state index contributed by atoms with van der Waals surface area (Å²) in [6.07, 6.45) is 1.10. The van der Waals surface area contributed by atoms with Gasteiger partial charge in [0, 0.05) is 45.1 Å². The number of anilines is 1. The van der Waals surface area contributed by atoms with Crippen LogP contribution in [0.5, 0.6) is 0 Å². The summed E-state index contributed by atoms with van der Waals surface area (Å²) in [5.41, 5.74) is 2.70. The van der Waals surface area contributed by atoms with Crippen molar-refractivity contribution in [2.75, 3.05) is 45.8 Å². The molecular formula is C16H26N2O2. The van der Waals surface area contributed by atoms with E-state index in [-0.39, 0.29) is 0 Å². The fraction of sp³-hybridized carbons (Fsp3) is 0.625. The Morgan fingerprint density at radius 1 is 1.30 bits per heavy atom. The average Bonchev–Trinajstić information content (AvgIpc) is 2.86.